The normalized spacial score (nSPS) is 14.0. The number of anilines is 1. The first-order chi connectivity index (χ1) is 15.7. The Morgan fingerprint density at radius 3 is 2.33 bits per heavy atom. The van der Waals surface area contributed by atoms with Crippen LogP contribution in [0.3, 0.4) is 0 Å². The van der Waals surface area contributed by atoms with E-state index in [1.807, 2.05) is 60.4 Å². The Bertz CT molecular complexity index is 1050. The van der Waals surface area contributed by atoms with Crippen molar-refractivity contribution in [2.24, 2.45) is 4.99 Å². The first-order valence-corrected chi connectivity index (χ1v) is 10.7. The van der Waals surface area contributed by atoms with Crippen LogP contribution < -0.4 is 19.7 Å². The molecule has 0 atom stereocenters. The number of rotatable bonds is 6. The minimum absolute atomic E-state index is 0. The summed E-state index contributed by atoms with van der Waals surface area (Å²) < 4.78 is 12.4. The van der Waals surface area contributed by atoms with Crippen LogP contribution in [0.2, 0.25) is 0 Å². The average Bonchev–Trinajstić information content (AvgIpc) is 3.34. The number of piperazine rings is 1. The van der Waals surface area contributed by atoms with Gasteiger partial charge in [-0.1, -0.05) is 6.07 Å². The van der Waals surface area contributed by atoms with Gasteiger partial charge in [-0.25, -0.2) is 4.68 Å². The van der Waals surface area contributed by atoms with Gasteiger partial charge in [0.2, 0.25) is 0 Å². The number of methoxy groups -OCH3 is 2. The zero-order valence-corrected chi connectivity index (χ0v) is 21.6. The Morgan fingerprint density at radius 2 is 1.67 bits per heavy atom. The topological polar surface area (TPSA) is 67.2 Å². The number of nitrogens with zero attached hydrogens (tertiary/aromatic N) is 5. The predicted molar refractivity (Wildman–Crippen MR) is 143 cm³/mol. The van der Waals surface area contributed by atoms with Gasteiger partial charge < -0.3 is 24.6 Å². The number of aliphatic imine (C=N–C) groups is 1. The summed E-state index contributed by atoms with van der Waals surface area (Å²) in [5, 5.41) is 8.13. The van der Waals surface area contributed by atoms with Crippen LogP contribution in [0.25, 0.3) is 5.69 Å². The van der Waals surface area contributed by atoms with Gasteiger partial charge >= 0.3 is 0 Å². The highest BCUT2D eigenvalue weighted by atomic mass is 127. The van der Waals surface area contributed by atoms with Crippen LogP contribution in [0.15, 0.2) is 65.8 Å². The molecule has 3 aromatic rings. The molecule has 33 heavy (non-hydrogen) atoms. The van der Waals surface area contributed by atoms with E-state index in [-0.39, 0.29) is 24.0 Å². The second kappa shape index (κ2) is 11.8. The molecule has 0 saturated carbocycles. The van der Waals surface area contributed by atoms with Gasteiger partial charge in [0.25, 0.3) is 0 Å². The van der Waals surface area contributed by atoms with Gasteiger partial charge in [-0.3, -0.25) is 4.99 Å². The molecule has 2 aromatic carbocycles. The van der Waals surface area contributed by atoms with Crippen LogP contribution in [0.5, 0.6) is 11.5 Å². The van der Waals surface area contributed by atoms with Gasteiger partial charge in [0.1, 0.15) is 11.5 Å². The van der Waals surface area contributed by atoms with Crippen molar-refractivity contribution in [1.82, 2.24) is 20.0 Å². The molecule has 1 aliphatic heterocycles. The lowest BCUT2D eigenvalue weighted by Crippen LogP contribution is -2.52. The Kier molecular flexibility index (Phi) is 8.81. The van der Waals surface area contributed by atoms with Crippen molar-refractivity contribution in [3.63, 3.8) is 0 Å². The number of guanidine groups is 1. The van der Waals surface area contributed by atoms with Crippen molar-refractivity contribution in [2.75, 3.05) is 52.3 Å². The SMILES string of the molecule is CN=C(NCc1ccn(-c2ccc(OC)cc2)n1)N1CCN(c2cccc(OC)c2)CC1.I. The Hall–Kier alpha value is -2.95. The molecule has 0 radical (unpaired) electrons. The van der Waals surface area contributed by atoms with E-state index in [9.17, 15) is 0 Å². The van der Waals surface area contributed by atoms with E-state index < -0.39 is 0 Å². The summed E-state index contributed by atoms with van der Waals surface area (Å²) in [6.45, 7) is 4.28. The van der Waals surface area contributed by atoms with Gasteiger partial charge in [0.15, 0.2) is 5.96 Å². The Morgan fingerprint density at radius 1 is 0.939 bits per heavy atom. The number of ether oxygens (including phenoxy) is 2. The zero-order valence-electron chi connectivity index (χ0n) is 19.3. The highest BCUT2D eigenvalue weighted by Crippen LogP contribution is 2.22. The maximum absolute atomic E-state index is 5.36. The van der Waals surface area contributed by atoms with E-state index in [4.69, 9.17) is 9.47 Å². The molecule has 0 unspecified atom stereocenters. The number of hydrogen-bond donors (Lipinski definition) is 1. The van der Waals surface area contributed by atoms with E-state index in [2.05, 4.69) is 37.3 Å². The number of nitrogens with one attached hydrogen (secondary N) is 1. The van der Waals surface area contributed by atoms with Gasteiger partial charge in [0, 0.05) is 51.2 Å². The monoisotopic (exact) mass is 562 g/mol. The fraction of sp³-hybridized carbons (Fsp3) is 0.333. The summed E-state index contributed by atoms with van der Waals surface area (Å²) >= 11 is 0. The molecular formula is C24H31IN6O2. The van der Waals surface area contributed by atoms with Crippen LogP contribution in [-0.4, -0.2) is 68.1 Å². The van der Waals surface area contributed by atoms with Gasteiger partial charge in [0.05, 0.1) is 32.1 Å². The van der Waals surface area contributed by atoms with Crippen molar-refractivity contribution < 1.29 is 9.47 Å². The van der Waals surface area contributed by atoms with Gasteiger partial charge in [-0.15, -0.1) is 24.0 Å². The number of benzene rings is 2. The summed E-state index contributed by atoms with van der Waals surface area (Å²) in [5.74, 6) is 2.61. The van der Waals surface area contributed by atoms with Crippen molar-refractivity contribution in [3.05, 3.63) is 66.5 Å². The van der Waals surface area contributed by atoms with E-state index >= 15 is 0 Å². The highest BCUT2D eigenvalue weighted by molar-refractivity contribution is 14.0. The first kappa shape index (κ1) is 24.7. The lowest BCUT2D eigenvalue weighted by atomic mass is 10.2. The number of halogens is 1. The predicted octanol–water partition coefficient (Wildman–Crippen LogP) is 3.41. The molecule has 9 heteroatoms. The third-order valence-electron chi connectivity index (χ3n) is 5.62. The van der Waals surface area contributed by atoms with Crippen LogP contribution >= 0.6 is 24.0 Å². The summed E-state index contributed by atoms with van der Waals surface area (Å²) in [6.07, 6.45) is 1.97. The van der Waals surface area contributed by atoms with Crippen molar-refractivity contribution in [2.45, 2.75) is 6.54 Å². The van der Waals surface area contributed by atoms with Crippen LogP contribution in [-0.2, 0) is 6.54 Å². The van der Waals surface area contributed by atoms with Crippen molar-refractivity contribution >= 4 is 35.6 Å². The van der Waals surface area contributed by atoms with E-state index in [1.54, 1.807) is 14.2 Å². The van der Waals surface area contributed by atoms with Crippen LogP contribution in [0.1, 0.15) is 5.69 Å². The molecule has 0 bridgehead atoms. The molecule has 4 rings (SSSR count). The summed E-state index contributed by atoms with van der Waals surface area (Å²) in [5.41, 5.74) is 3.14. The second-order valence-electron chi connectivity index (χ2n) is 7.53. The molecular weight excluding hydrogens is 531 g/mol. The minimum atomic E-state index is 0. The summed E-state index contributed by atoms with van der Waals surface area (Å²) in [7, 11) is 5.19. The Labute approximate surface area is 212 Å². The summed E-state index contributed by atoms with van der Waals surface area (Å²) in [6, 6.07) is 18.1. The molecule has 1 fully saturated rings. The number of hydrogen-bond acceptors (Lipinski definition) is 5. The largest absolute Gasteiger partial charge is 0.497 e. The third kappa shape index (κ3) is 6.10. The molecule has 1 aliphatic rings. The van der Waals surface area contributed by atoms with Crippen LogP contribution in [0, 0.1) is 0 Å². The van der Waals surface area contributed by atoms with Gasteiger partial charge in [-0.05, 0) is 42.5 Å². The highest BCUT2D eigenvalue weighted by Gasteiger charge is 2.20. The molecule has 8 nitrogen and oxygen atoms in total. The van der Waals surface area contributed by atoms with Crippen molar-refractivity contribution in [3.8, 4) is 17.2 Å². The summed E-state index contributed by atoms with van der Waals surface area (Å²) in [4.78, 5) is 9.15. The molecule has 2 heterocycles. The molecule has 0 amide bonds. The second-order valence-corrected chi connectivity index (χ2v) is 7.53. The molecule has 1 N–H and O–H groups in total. The van der Waals surface area contributed by atoms with Gasteiger partial charge in [-0.2, -0.15) is 5.10 Å². The molecule has 1 saturated heterocycles. The van der Waals surface area contributed by atoms with E-state index in [0.717, 1.165) is 55.0 Å². The molecule has 176 valence electrons. The zero-order chi connectivity index (χ0) is 22.3. The lowest BCUT2D eigenvalue weighted by molar-refractivity contribution is 0.371. The Balaban J connectivity index is 0.00000306. The first-order valence-electron chi connectivity index (χ1n) is 10.7. The lowest BCUT2D eigenvalue weighted by Gasteiger charge is -2.37. The van der Waals surface area contributed by atoms with Crippen LogP contribution in [0.4, 0.5) is 5.69 Å². The fourth-order valence-electron chi connectivity index (χ4n) is 3.82. The fourth-order valence-corrected chi connectivity index (χ4v) is 3.82. The standard InChI is InChI=1S/C24H30N6O2.HI/c1-25-24(29-15-13-28(14-16-29)21-5-4-6-23(17-21)32-3)26-18-19-11-12-30(27-19)20-7-9-22(31-2)10-8-20;/h4-12,17H,13-16,18H2,1-3H3,(H,25,26);1H. The quantitative estimate of drug-likeness (QED) is 0.282. The minimum Gasteiger partial charge on any atom is -0.497 e. The maximum Gasteiger partial charge on any atom is 0.194 e. The van der Waals surface area contributed by atoms with E-state index in [1.165, 1.54) is 5.69 Å². The molecule has 0 spiro atoms. The maximum atomic E-state index is 5.36. The number of aromatic nitrogens is 2. The van der Waals surface area contributed by atoms with E-state index in [0.29, 0.717) is 6.54 Å². The molecule has 0 aliphatic carbocycles. The van der Waals surface area contributed by atoms with Crippen molar-refractivity contribution in [1.29, 1.82) is 0 Å². The third-order valence-corrected chi connectivity index (χ3v) is 5.62. The average molecular weight is 562 g/mol. The molecule has 1 aromatic heterocycles. The smallest absolute Gasteiger partial charge is 0.194 e.